The topological polar surface area (TPSA) is 99.9 Å². The standard InChI is InChI=1S/C29H29N3O5/c1-30-26(33)20-11-9-19(10-12-20)17-31(18-23-8-5-15-37-23)27(34)21-13-14-24-25(16-21)29(36)32(28(24)35)22-6-3-2-4-7-22/h5,8-16,22H,2-4,6-7,17-18H2,1H3,(H,30,33). The van der Waals surface area contributed by atoms with Crippen LogP contribution in [-0.4, -0.2) is 46.5 Å². The Balaban J connectivity index is 1.40. The van der Waals surface area contributed by atoms with E-state index in [0.717, 1.165) is 37.7 Å². The monoisotopic (exact) mass is 499 g/mol. The maximum absolute atomic E-state index is 13.7. The second kappa shape index (κ2) is 10.4. The smallest absolute Gasteiger partial charge is 0.261 e. The third-order valence-electron chi connectivity index (χ3n) is 7.14. The van der Waals surface area contributed by atoms with Crippen LogP contribution in [0.2, 0.25) is 0 Å². The highest BCUT2D eigenvalue weighted by atomic mass is 16.3. The molecule has 0 bridgehead atoms. The van der Waals surface area contributed by atoms with Crippen molar-refractivity contribution in [3.8, 4) is 0 Å². The predicted octanol–water partition coefficient (Wildman–Crippen LogP) is 4.41. The van der Waals surface area contributed by atoms with E-state index in [1.807, 2.05) is 0 Å². The molecule has 1 aliphatic carbocycles. The minimum Gasteiger partial charge on any atom is -0.467 e. The van der Waals surface area contributed by atoms with Crippen molar-refractivity contribution in [2.24, 2.45) is 0 Å². The summed E-state index contributed by atoms with van der Waals surface area (Å²) in [6, 6.07) is 15.3. The van der Waals surface area contributed by atoms with Gasteiger partial charge in [-0.2, -0.15) is 0 Å². The molecular weight excluding hydrogens is 470 g/mol. The van der Waals surface area contributed by atoms with E-state index >= 15 is 0 Å². The molecule has 0 unspecified atom stereocenters. The molecule has 190 valence electrons. The van der Waals surface area contributed by atoms with Gasteiger partial charge in [-0.1, -0.05) is 31.4 Å². The van der Waals surface area contributed by atoms with Crippen molar-refractivity contribution >= 4 is 23.6 Å². The van der Waals surface area contributed by atoms with Crippen molar-refractivity contribution in [3.05, 3.63) is 94.4 Å². The largest absolute Gasteiger partial charge is 0.467 e. The maximum atomic E-state index is 13.7. The van der Waals surface area contributed by atoms with Crippen LogP contribution in [0.4, 0.5) is 0 Å². The average molecular weight is 500 g/mol. The average Bonchev–Trinajstić information content (AvgIpc) is 3.54. The van der Waals surface area contributed by atoms with Gasteiger partial charge in [-0.25, -0.2) is 0 Å². The molecule has 2 heterocycles. The number of amides is 4. The summed E-state index contributed by atoms with van der Waals surface area (Å²) < 4.78 is 5.49. The summed E-state index contributed by atoms with van der Waals surface area (Å²) in [7, 11) is 1.57. The Bertz CT molecular complexity index is 1320. The van der Waals surface area contributed by atoms with Gasteiger partial charge >= 0.3 is 0 Å². The van der Waals surface area contributed by atoms with Crippen LogP contribution in [0.1, 0.15) is 84.9 Å². The van der Waals surface area contributed by atoms with Crippen molar-refractivity contribution in [2.45, 2.75) is 51.2 Å². The van der Waals surface area contributed by atoms with E-state index in [-0.39, 0.29) is 48.3 Å². The number of fused-ring (bicyclic) bond motifs is 1. The summed E-state index contributed by atoms with van der Waals surface area (Å²) in [5.41, 5.74) is 2.34. The zero-order chi connectivity index (χ0) is 25.9. The van der Waals surface area contributed by atoms with Gasteiger partial charge < -0.3 is 14.6 Å². The molecule has 1 aromatic heterocycles. The van der Waals surface area contributed by atoms with Gasteiger partial charge in [0.2, 0.25) is 0 Å². The summed E-state index contributed by atoms with van der Waals surface area (Å²) in [4.78, 5) is 54.9. The normalized spacial score (nSPS) is 15.5. The highest BCUT2D eigenvalue weighted by Gasteiger charge is 2.40. The molecule has 0 radical (unpaired) electrons. The van der Waals surface area contributed by atoms with Gasteiger partial charge in [-0.15, -0.1) is 0 Å². The molecule has 8 nitrogen and oxygen atoms in total. The summed E-state index contributed by atoms with van der Waals surface area (Å²) in [5.74, 6) is -0.440. The lowest BCUT2D eigenvalue weighted by Crippen LogP contribution is -2.40. The molecule has 1 N–H and O–H groups in total. The first-order chi connectivity index (χ1) is 18.0. The third-order valence-corrected chi connectivity index (χ3v) is 7.14. The van der Waals surface area contributed by atoms with Gasteiger partial charge in [0.1, 0.15) is 5.76 Å². The third kappa shape index (κ3) is 4.91. The molecule has 8 heteroatoms. The molecule has 0 spiro atoms. The van der Waals surface area contributed by atoms with Crippen LogP contribution < -0.4 is 5.32 Å². The minimum atomic E-state index is -0.316. The van der Waals surface area contributed by atoms with Crippen LogP contribution in [0, 0.1) is 0 Å². The molecule has 0 saturated heterocycles. The zero-order valence-corrected chi connectivity index (χ0v) is 20.7. The van der Waals surface area contributed by atoms with E-state index in [1.165, 1.54) is 4.90 Å². The number of rotatable bonds is 7. The maximum Gasteiger partial charge on any atom is 0.261 e. The highest BCUT2D eigenvalue weighted by molar-refractivity contribution is 6.22. The Hall–Kier alpha value is -4.20. The molecule has 5 rings (SSSR count). The van der Waals surface area contributed by atoms with Crippen molar-refractivity contribution in [1.82, 2.24) is 15.1 Å². The number of benzene rings is 2. The Labute approximate surface area is 215 Å². The van der Waals surface area contributed by atoms with Crippen LogP contribution >= 0.6 is 0 Å². The number of hydrogen-bond acceptors (Lipinski definition) is 5. The van der Waals surface area contributed by atoms with Gasteiger partial charge in [0.05, 0.1) is 23.9 Å². The van der Waals surface area contributed by atoms with Crippen molar-refractivity contribution in [2.75, 3.05) is 7.05 Å². The first-order valence-electron chi connectivity index (χ1n) is 12.6. The van der Waals surface area contributed by atoms with Gasteiger partial charge in [0, 0.05) is 30.8 Å². The lowest BCUT2D eigenvalue weighted by atomic mass is 9.94. The molecule has 3 aromatic rings. The van der Waals surface area contributed by atoms with Gasteiger partial charge in [0.15, 0.2) is 0 Å². The van der Waals surface area contributed by atoms with E-state index in [1.54, 1.807) is 72.8 Å². The van der Waals surface area contributed by atoms with Gasteiger partial charge in [-0.05, 0) is 60.9 Å². The number of carbonyl (C=O) groups is 4. The van der Waals surface area contributed by atoms with Crippen LogP contribution in [0.25, 0.3) is 0 Å². The number of nitrogens with zero attached hydrogens (tertiary/aromatic N) is 2. The number of furan rings is 1. The fraction of sp³-hybridized carbons (Fsp3) is 0.310. The first kappa shape index (κ1) is 24.5. The molecule has 0 atom stereocenters. The summed E-state index contributed by atoms with van der Waals surface area (Å²) in [6.45, 7) is 0.493. The van der Waals surface area contributed by atoms with Crippen LogP contribution in [0.5, 0.6) is 0 Å². The Kier molecular flexibility index (Phi) is 6.90. The minimum absolute atomic E-state index is 0.0754. The Morgan fingerprint density at radius 3 is 2.30 bits per heavy atom. The van der Waals surface area contributed by atoms with E-state index in [2.05, 4.69) is 5.32 Å². The Morgan fingerprint density at radius 2 is 1.62 bits per heavy atom. The van der Waals surface area contributed by atoms with Crippen molar-refractivity contribution in [1.29, 1.82) is 0 Å². The van der Waals surface area contributed by atoms with Crippen LogP contribution in [-0.2, 0) is 13.1 Å². The quantitative estimate of drug-likeness (QED) is 0.486. The summed E-state index contributed by atoms with van der Waals surface area (Å²) in [6.07, 6.45) is 6.34. The zero-order valence-electron chi connectivity index (χ0n) is 20.7. The van der Waals surface area contributed by atoms with E-state index in [4.69, 9.17) is 4.42 Å². The summed E-state index contributed by atoms with van der Waals surface area (Å²) >= 11 is 0. The molecule has 2 aromatic carbocycles. The fourth-order valence-corrected chi connectivity index (χ4v) is 5.16. The number of hydrogen-bond donors (Lipinski definition) is 1. The summed E-state index contributed by atoms with van der Waals surface area (Å²) in [5, 5.41) is 2.59. The SMILES string of the molecule is CNC(=O)c1ccc(CN(Cc2ccco2)C(=O)c2ccc3c(c2)C(=O)N(C2CCCCC2)C3=O)cc1. The molecule has 1 saturated carbocycles. The van der Waals surface area contributed by atoms with E-state index in [0.29, 0.717) is 22.5 Å². The second-order valence-electron chi connectivity index (χ2n) is 9.55. The first-order valence-corrected chi connectivity index (χ1v) is 12.6. The number of imide groups is 1. The lowest BCUT2D eigenvalue weighted by Gasteiger charge is -2.29. The van der Waals surface area contributed by atoms with Gasteiger partial charge in [-0.3, -0.25) is 24.1 Å². The molecule has 1 aliphatic heterocycles. The Morgan fingerprint density at radius 1 is 0.919 bits per heavy atom. The molecule has 2 aliphatic rings. The van der Waals surface area contributed by atoms with Crippen LogP contribution in [0.3, 0.4) is 0 Å². The molecule has 4 amide bonds. The van der Waals surface area contributed by atoms with E-state index in [9.17, 15) is 19.2 Å². The second-order valence-corrected chi connectivity index (χ2v) is 9.55. The molecular formula is C29H29N3O5. The molecule has 37 heavy (non-hydrogen) atoms. The van der Waals surface area contributed by atoms with E-state index < -0.39 is 0 Å². The predicted molar refractivity (Wildman–Crippen MR) is 136 cm³/mol. The number of carbonyl (C=O) groups excluding carboxylic acids is 4. The van der Waals surface area contributed by atoms with Crippen molar-refractivity contribution < 1.29 is 23.6 Å². The van der Waals surface area contributed by atoms with Crippen molar-refractivity contribution in [3.63, 3.8) is 0 Å². The highest BCUT2D eigenvalue weighted by Crippen LogP contribution is 2.32. The lowest BCUT2D eigenvalue weighted by molar-refractivity contribution is 0.0548. The molecule has 1 fully saturated rings. The van der Waals surface area contributed by atoms with Crippen LogP contribution in [0.15, 0.2) is 65.3 Å². The number of nitrogens with one attached hydrogen (secondary N) is 1. The fourth-order valence-electron chi connectivity index (χ4n) is 5.16. The van der Waals surface area contributed by atoms with Gasteiger partial charge in [0.25, 0.3) is 23.6 Å².